The van der Waals surface area contributed by atoms with Crippen molar-refractivity contribution in [3.8, 4) is 23.3 Å². The quantitative estimate of drug-likeness (QED) is 0.288. The SMILES string of the molecule is CC#CCOc1ccc(SC(CC)C(=O)Oc2ccc(Cl)cc2)cc1. The van der Waals surface area contributed by atoms with Crippen LogP contribution in [0.2, 0.25) is 5.02 Å². The van der Waals surface area contributed by atoms with Crippen molar-refractivity contribution < 1.29 is 14.3 Å². The number of benzene rings is 2. The second kappa shape index (κ2) is 10.0. The molecule has 0 aromatic heterocycles. The Morgan fingerprint density at radius 2 is 1.76 bits per heavy atom. The first kappa shape index (κ1) is 19.2. The summed E-state index contributed by atoms with van der Waals surface area (Å²) >= 11 is 7.31. The smallest absolute Gasteiger partial charge is 0.324 e. The average Bonchev–Trinajstić information content (AvgIpc) is 2.63. The summed E-state index contributed by atoms with van der Waals surface area (Å²) in [7, 11) is 0. The summed E-state index contributed by atoms with van der Waals surface area (Å²) in [4.78, 5) is 13.3. The third-order valence-electron chi connectivity index (χ3n) is 3.26. The minimum atomic E-state index is -0.284. The molecule has 25 heavy (non-hydrogen) atoms. The fraction of sp³-hybridized carbons (Fsp3) is 0.250. The predicted molar refractivity (Wildman–Crippen MR) is 102 cm³/mol. The van der Waals surface area contributed by atoms with Gasteiger partial charge in [0.25, 0.3) is 0 Å². The number of hydrogen-bond donors (Lipinski definition) is 0. The fourth-order valence-electron chi connectivity index (χ4n) is 1.95. The number of halogens is 1. The summed E-state index contributed by atoms with van der Waals surface area (Å²) in [5, 5.41) is 0.321. The molecule has 0 bridgehead atoms. The molecule has 0 fully saturated rings. The molecule has 0 spiro atoms. The van der Waals surface area contributed by atoms with E-state index >= 15 is 0 Å². The van der Waals surface area contributed by atoms with Gasteiger partial charge in [0.1, 0.15) is 23.4 Å². The molecule has 0 heterocycles. The second-order valence-electron chi connectivity index (χ2n) is 5.08. The molecule has 0 aliphatic rings. The summed E-state index contributed by atoms with van der Waals surface area (Å²) in [6.07, 6.45) is 0.668. The first-order valence-electron chi connectivity index (χ1n) is 7.88. The van der Waals surface area contributed by atoms with Gasteiger partial charge in [-0.3, -0.25) is 4.79 Å². The van der Waals surface area contributed by atoms with E-state index in [1.165, 1.54) is 11.8 Å². The van der Waals surface area contributed by atoms with E-state index < -0.39 is 0 Å². The molecule has 0 saturated heterocycles. The molecule has 0 saturated carbocycles. The molecule has 130 valence electrons. The van der Waals surface area contributed by atoms with Crippen LogP contribution >= 0.6 is 23.4 Å². The van der Waals surface area contributed by atoms with Gasteiger partial charge in [-0.2, -0.15) is 0 Å². The van der Waals surface area contributed by atoms with E-state index in [0.717, 1.165) is 10.6 Å². The maximum Gasteiger partial charge on any atom is 0.324 e. The van der Waals surface area contributed by atoms with Crippen LogP contribution in [0.25, 0.3) is 0 Å². The van der Waals surface area contributed by atoms with Crippen LogP contribution < -0.4 is 9.47 Å². The van der Waals surface area contributed by atoms with E-state index in [1.54, 1.807) is 31.2 Å². The maximum absolute atomic E-state index is 12.4. The third-order valence-corrected chi connectivity index (χ3v) is 4.86. The van der Waals surface area contributed by atoms with Crippen molar-refractivity contribution in [3.05, 3.63) is 53.6 Å². The molecular weight excluding hydrogens is 356 g/mol. The third kappa shape index (κ3) is 6.38. The predicted octanol–water partition coefficient (Wildman–Crippen LogP) is 5.22. The number of carbonyl (C=O) groups excluding carboxylic acids is 1. The summed E-state index contributed by atoms with van der Waals surface area (Å²) in [5.74, 6) is 6.61. The standard InChI is InChI=1S/C20H19ClO3S/c1-3-5-14-23-16-10-12-18(13-11-16)25-19(4-2)20(22)24-17-8-6-15(21)7-9-17/h6-13,19H,4,14H2,1-2H3. The van der Waals surface area contributed by atoms with Gasteiger partial charge in [0.15, 0.2) is 0 Å². The zero-order valence-electron chi connectivity index (χ0n) is 14.1. The highest BCUT2D eigenvalue weighted by Crippen LogP contribution is 2.28. The van der Waals surface area contributed by atoms with Gasteiger partial charge in [0.2, 0.25) is 0 Å². The molecule has 2 aromatic rings. The van der Waals surface area contributed by atoms with E-state index in [-0.39, 0.29) is 11.2 Å². The Morgan fingerprint density at radius 1 is 1.12 bits per heavy atom. The molecule has 0 radical (unpaired) electrons. The number of esters is 1. The van der Waals surface area contributed by atoms with Crippen LogP contribution in [0, 0.1) is 11.8 Å². The van der Waals surface area contributed by atoms with E-state index in [0.29, 0.717) is 23.8 Å². The Hall–Kier alpha value is -2.09. The number of hydrogen-bond acceptors (Lipinski definition) is 4. The second-order valence-corrected chi connectivity index (χ2v) is 6.79. The first-order valence-corrected chi connectivity index (χ1v) is 9.14. The van der Waals surface area contributed by atoms with Crippen LogP contribution in [-0.4, -0.2) is 17.8 Å². The van der Waals surface area contributed by atoms with Gasteiger partial charge in [0, 0.05) is 9.92 Å². The van der Waals surface area contributed by atoms with Crippen molar-refractivity contribution in [2.45, 2.75) is 30.4 Å². The lowest BCUT2D eigenvalue weighted by Crippen LogP contribution is -2.22. The molecule has 1 unspecified atom stereocenters. The molecule has 1 atom stereocenters. The molecule has 0 aliphatic heterocycles. The summed E-state index contributed by atoms with van der Waals surface area (Å²) in [6, 6.07) is 14.4. The van der Waals surface area contributed by atoms with Crippen LogP contribution in [0.4, 0.5) is 0 Å². The molecular formula is C20H19ClO3S. The van der Waals surface area contributed by atoms with E-state index in [1.807, 2.05) is 31.2 Å². The average molecular weight is 375 g/mol. The van der Waals surface area contributed by atoms with Gasteiger partial charge < -0.3 is 9.47 Å². The van der Waals surface area contributed by atoms with Crippen molar-refractivity contribution in [2.75, 3.05) is 6.61 Å². The fourth-order valence-corrected chi connectivity index (χ4v) is 3.01. The maximum atomic E-state index is 12.4. The minimum Gasteiger partial charge on any atom is -0.481 e. The Balaban J connectivity index is 1.94. The van der Waals surface area contributed by atoms with Crippen LogP contribution in [0.15, 0.2) is 53.4 Å². The highest BCUT2D eigenvalue weighted by molar-refractivity contribution is 8.00. The van der Waals surface area contributed by atoms with Crippen LogP contribution in [0.3, 0.4) is 0 Å². The largest absolute Gasteiger partial charge is 0.481 e. The van der Waals surface area contributed by atoms with E-state index in [2.05, 4.69) is 11.8 Å². The van der Waals surface area contributed by atoms with Crippen molar-refractivity contribution >= 4 is 29.3 Å². The number of thioether (sulfide) groups is 1. The summed E-state index contributed by atoms with van der Waals surface area (Å²) in [6.45, 7) is 4.10. The van der Waals surface area contributed by atoms with Crippen LogP contribution in [-0.2, 0) is 4.79 Å². The number of ether oxygens (including phenoxy) is 2. The Morgan fingerprint density at radius 3 is 2.36 bits per heavy atom. The molecule has 2 aromatic carbocycles. The molecule has 2 rings (SSSR count). The molecule has 0 amide bonds. The lowest BCUT2D eigenvalue weighted by atomic mass is 10.3. The Bertz CT molecular complexity index is 745. The van der Waals surface area contributed by atoms with Gasteiger partial charge in [-0.1, -0.05) is 24.4 Å². The van der Waals surface area contributed by atoms with Crippen molar-refractivity contribution in [1.29, 1.82) is 0 Å². The van der Waals surface area contributed by atoms with Crippen molar-refractivity contribution in [1.82, 2.24) is 0 Å². The zero-order valence-corrected chi connectivity index (χ0v) is 15.7. The minimum absolute atomic E-state index is 0.270. The van der Waals surface area contributed by atoms with Crippen LogP contribution in [0.1, 0.15) is 20.3 Å². The normalized spacial score (nSPS) is 11.2. The van der Waals surface area contributed by atoms with Gasteiger partial charge in [-0.05, 0) is 61.9 Å². The number of carbonyl (C=O) groups is 1. The zero-order chi connectivity index (χ0) is 18.1. The van der Waals surface area contributed by atoms with Gasteiger partial charge in [0.05, 0.1) is 0 Å². The number of rotatable bonds is 7. The van der Waals surface area contributed by atoms with Crippen molar-refractivity contribution in [3.63, 3.8) is 0 Å². The first-order chi connectivity index (χ1) is 12.1. The van der Waals surface area contributed by atoms with E-state index in [9.17, 15) is 4.79 Å². The van der Waals surface area contributed by atoms with Gasteiger partial charge in [-0.25, -0.2) is 0 Å². The Kier molecular flexibility index (Phi) is 7.72. The lowest BCUT2D eigenvalue weighted by molar-refractivity contribution is -0.133. The monoisotopic (exact) mass is 374 g/mol. The van der Waals surface area contributed by atoms with E-state index in [4.69, 9.17) is 21.1 Å². The Labute approximate surface area is 157 Å². The van der Waals surface area contributed by atoms with Gasteiger partial charge in [-0.15, -0.1) is 17.7 Å². The van der Waals surface area contributed by atoms with Crippen molar-refractivity contribution in [2.24, 2.45) is 0 Å². The lowest BCUT2D eigenvalue weighted by Gasteiger charge is -2.14. The topological polar surface area (TPSA) is 35.5 Å². The molecule has 3 nitrogen and oxygen atoms in total. The highest BCUT2D eigenvalue weighted by atomic mass is 35.5. The molecule has 0 aliphatic carbocycles. The summed E-state index contributed by atoms with van der Waals surface area (Å²) in [5.41, 5.74) is 0. The molecule has 5 heteroatoms. The summed E-state index contributed by atoms with van der Waals surface area (Å²) < 4.78 is 10.9. The molecule has 0 N–H and O–H groups in total. The highest BCUT2D eigenvalue weighted by Gasteiger charge is 2.20. The van der Waals surface area contributed by atoms with Gasteiger partial charge >= 0.3 is 5.97 Å². The van der Waals surface area contributed by atoms with Crippen LogP contribution in [0.5, 0.6) is 11.5 Å².